The monoisotopic (exact) mass is 601 g/mol. The molecule has 0 atom stereocenters. The van der Waals surface area contributed by atoms with Gasteiger partial charge >= 0.3 is 0 Å². The molecule has 222 valence electrons. The highest BCUT2D eigenvalue weighted by molar-refractivity contribution is 5.96. The molecule has 0 radical (unpaired) electrons. The first-order valence-corrected chi connectivity index (χ1v) is 16.2. The van der Waals surface area contributed by atoms with Crippen molar-refractivity contribution in [3.8, 4) is 50.7 Å². The van der Waals surface area contributed by atoms with Gasteiger partial charge in [0.2, 0.25) is 0 Å². The van der Waals surface area contributed by atoms with Gasteiger partial charge in [0, 0.05) is 33.5 Å². The minimum atomic E-state index is 0.716. The Morgan fingerprint density at radius 1 is 0.511 bits per heavy atom. The van der Waals surface area contributed by atoms with E-state index in [0.29, 0.717) is 5.82 Å². The Balaban J connectivity index is 1.08. The number of allylic oxidation sites excluding steroid dienone is 1. The predicted molar refractivity (Wildman–Crippen MR) is 195 cm³/mol. The number of aryl methyl sites for hydroxylation is 1. The lowest BCUT2D eigenvalue weighted by molar-refractivity contribution is 0.967. The summed E-state index contributed by atoms with van der Waals surface area (Å²) < 4.78 is 2.40. The van der Waals surface area contributed by atoms with Gasteiger partial charge in [0.05, 0.1) is 16.9 Å². The fourth-order valence-electron chi connectivity index (χ4n) is 7.00. The van der Waals surface area contributed by atoms with Gasteiger partial charge in [-0.3, -0.25) is 0 Å². The molecule has 3 heteroatoms. The van der Waals surface area contributed by atoms with Crippen LogP contribution in [0.2, 0.25) is 0 Å². The number of fused-ring (bicyclic) bond motifs is 4. The second-order valence-electron chi connectivity index (χ2n) is 12.1. The molecular formula is C44H31N3. The number of hydrogen-bond acceptors (Lipinski definition) is 2. The summed E-state index contributed by atoms with van der Waals surface area (Å²) in [5.74, 6) is 0.716. The third-order valence-electron chi connectivity index (χ3n) is 9.32. The molecular weight excluding hydrogens is 571 g/mol. The van der Waals surface area contributed by atoms with Crippen LogP contribution in [0.5, 0.6) is 0 Å². The molecule has 47 heavy (non-hydrogen) atoms. The van der Waals surface area contributed by atoms with Gasteiger partial charge in [-0.15, -0.1) is 0 Å². The number of para-hydroxylation sites is 1. The van der Waals surface area contributed by atoms with Crippen molar-refractivity contribution in [2.45, 2.75) is 12.8 Å². The van der Waals surface area contributed by atoms with Gasteiger partial charge < -0.3 is 4.57 Å². The van der Waals surface area contributed by atoms with Gasteiger partial charge in [-0.05, 0) is 70.6 Å². The SMILES string of the molecule is C1=Cc2c(c3ccccc3n2-c2ccc(-c3ccc(-c4nc(-c5ccccc5)cc(-c5cccc6ccccc56)n4)cc3)cc2)CC1. The molecule has 0 saturated carbocycles. The van der Waals surface area contributed by atoms with E-state index in [-0.39, 0.29) is 0 Å². The van der Waals surface area contributed by atoms with Gasteiger partial charge in [0.15, 0.2) is 5.82 Å². The Kier molecular flexibility index (Phi) is 6.60. The highest BCUT2D eigenvalue weighted by atomic mass is 15.0. The normalized spacial score (nSPS) is 12.4. The van der Waals surface area contributed by atoms with Crippen LogP contribution in [0.25, 0.3) is 78.5 Å². The van der Waals surface area contributed by atoms with E-state index in [4.69, 9.17) is 9.97 Å². The van der Waals surface area contributed by atoms with Crippen molar-refractivity contribution in [1.29, 1.82) is 0 Å². The van der Waals surface area contributed by atoms with Crippen molar-refractivity contribution in [1.82, 2.24) is 14.5 Å². The van der Waals surface area contributed by atoms with Gasteiger partial charge in [-0.2, -0.15) is 0 Å². The minimum Gasteiger partial charge on any atom is -0.310 e. The lowest BCUT2D eigenvalue weighted by Crippen LogP contribution is -2.00. The van der Waals surface area contributed by atoms with Crippen molar-refractivity contribution in [3.63, 3.8) is 0 Å². The second kappa shape index (κ2) is 11.4. The molecule has 0 spiro atoms. The zero-order valence-electron chi connectivity index (χ0n) is 25.8. The van der Waals surface area contributed by atoms with E-state index in [1.54, 1.807) is 0 Å². The maximum atomic E-state index is 5.13. The number of benzene rings is 6. The Morgan fingerprint density at radius 2 is 1.17 bits per heavy atom. The van der Waals surface area contributed by atoms with Crippen LogP contribution in [0.1, 0.15) is 17.7 Å². The Hall–Kier alpha value is -6.06. The second-order valence-corrected chi connectivity index (χ2v) is 12.1. The summed E-state index contributed by atoms with van der Waals surface area (Å²) in [5, 5.41) is 3.73. The predicted octanol–water partition coefficient (Wildman–Crippen LogP) is 11.2. The van der Waals surface area contributed by atoms with Gasteiger partial charge in [-0.1, -0.05) is 133 Å². The molecule has 0 fully saturated rings. The van der Waals surface area contributed by atoms with E-state index >= 15 is 0 Å². The van der Waals surface area contributed by atoms with E-state index in [1.165, 1.54) is 44.2 Å². The lowest BCUT2D eigenvalue weighted by atomic mass is 10.00. The van der Waals surface area contributed by atoms with Crippen LogP contribution in [0.15, 0.2) is 158 Å². The largest absolute Gasteiger partial charge is 0.310 e. The van der Waals surface area contributed by atoms with E-state index in [0.717, 1.165) is 46.5 Å². The molecule has 0 bridgehead atoms. The molecule has 6 aromatic carbocycles. The third kappa shape index (κ3) is 4.84. The average molecular weight is 602 g/mol. The minimum absolute atomic E-state index is 0.716. The summed E-state index contributed by atoms with van der Waals surface area (Å²) in [7, 11) is 0. The fourth-order valence-corrected chi connectivity index (χ4v) is 7.00. The standard InChI is InChI=1S/C44H31N3/c1-2-12-33(13-3-1)40-29-41(37-18-10-14-32-11-4-5-15-36(32)37)46-44(45-40)34-23-21-30(22-24-34)31-25-27-35(28-26-31)47-42-19-8-6-16-38(42)39-17-7-9-20-43(39)47/h1-6,8-16,18-29H,7,17H2. The van der Waals surface area contributed by atoms with E-state index < -0.39 is 0 Å². The quantitative estimate of drug-likeness (QED) is 0.196. The number of rotatable bonds is 5. The molecule has 0 saturated heterocycles. The Morgan fingerprint density at radius 3 is 2.00 bits per heavy atom. The molecule has 1 aliphatic carbocycles. The maximum Gasteiger partial charge on any atom is 0.160 e. The van der Waals surface area contributed by atoms with Crippen LogP contribution in [0, 0.1) is 0 Å². The summed E-state index contributed by atoms with van der Waals surface area (Å²) in [6.45, 7) is 0. The van der Waals surface area contributed by atoms with Gasteiger partial charge in [0.1, 0.15) is 0 Å². The zero-order chi connectivity index (χ0) is 31.2. The van der Waals surface area contributed by atoms with Crippen molar-refractivity contribution in [2.24, 2.45) is 0 Å². The molecule has 0 N–H and O–H groups in total. The van der Waals surface area contributed by atoms with Crippen molar-refractivity contribution in [2.75, 3.05) is 0 Å². The Labute approximate surface area is 274 Å². The number of aromatic nitrogens is 3. The summed E-state index contributed by atoms with van der Waals surface area (Å²) in [4.78, 5) is 10.2. The molecule has 0 aliphatic heterocycles. The highest BCUT2D eigenvalue weighted by Crippen LogP contribution is 2.35. The van der Waals surface area contributed by atoms with Gasteiger partial charge in [-0.25, -0.2) is 9.97 Å². The molecule has 3 nitrogen and oxygen atoms in total. The van der Waals surface area contributed by atoms with E-state index in [9.17, 15) is 0 Å². The fraction of sp³-hybridized carbons (Fsp3) is 0.0455. The first-order chi connectivity index (χ1) is 23.3. The van der Waals surface area contributed by atoms with Crippen LogP contribution in [0.4, 0.5) is 0 Å². The lowest BCUT2D eigenvalue weighted by Gasteiger charge is -2.13. The first-order valence-electron chi connectivity index (χ1n) is 16.2. The highest BCUT2D eigenvalue weighted by Gasteiger charge is 2.18. The molecule has 8 aromatic rings. The van der Waals surface area contributed by atoms with Crippen LogP contribution in [0.3, 0.4) is 0 Å². The summed E-state index contributed by atoms with van der Waals surface area (Å²) in [6.07, 6.45) is 6.76. The number of hydrogen-bond donors (Lipinski definition) is 0. The van der Waals surface area contributed by atoms with Crippen molar-refractivity contribution >= 4 is 27.8 Å². The van der Waals surface area contributed by atoms with Crippen molar-refractivity contribution in [3.05, 3.63) is 169 Å². The average Bonchev–Trinajstić information content (AvgIpc) is 3.49. The van der Waals surface area contributed by atoms with Gasteiger partial charge in [0.25, 0.3) is 0 Å². The van der Waals surface area contributed by atoms with Crippen LogP contribution in [-0.4, -0.2) is 14.5 Å². The molecule has 9 rings (SSSR count). The topological polar surface area (TPSA) is 30.7 Å². The summed E-state index contributed by atoms with van der Waals surface area (Å²) >= 11 is 0. The molecule has 2 heterocycles. The van der Waals surface area contributed by atoms with E-state index in [1.807, 2.05) is 6.07 Å². The summed E-state index contributed by atoms with van der Waals surface area (Å²) in [5.41, 5.74) is 12.5. The molecule has 2 aromatic heterocycles. The molecule has 0 unspecified atom stereocenters. The maximum absolute atomic E-state index is 5.13. The molecule has 0 amide bonds. The number of nitrogens with zero attached hydrogens (tertiary/aromatic N) is 3. The smallest absolute Gasteiger partial charge is 0.160 e. The first kappa shape index (κ1) is 27.3. The molecule has 1 aliphatic rings. The van der Waals surface area contributed by atoms with Crippen LogP contribution < -0.4 is 0 Å². The third-order valence-corrected chi connectivity index (χ3v) is 9.32. The van der Waals surface area contributed by atoms with E-state index in [2.05, 4.69) is 162 Å². The van der Waals surface area contributed by atoms with Crippen LogP contribution in [-0.2, 0) is 6.42 Å². The zero-order valence-corrected chi connectivity index (χ0v) is 25.8. The van der Waals surface area contributed by atoms with Crippen molar-refractivity contribution < 1.29 is 0 Å². The summed E-state index contributed by atoms with van der Waals surface area (Å²) in [6, 6.07) is 53.7. The van der Waals surface area contributed by atoms with Crippen LogP contribution >= 0.6 is 0 Å². The Bertz CT molecular complexity index is 2430.